The summed E-state index contributed by atoms with van der Waals surface area (Å²) in [5, 5.41) is 10.3. The Morgan fingerprint density at radius 1 is 0.839 bits per heavy atom. The van der Waals surface area contributed by atoms with E-state index in [1.165, 1.54) is 16.7 Å². The number of aryl methyl sites for hydroxylation is 2. The van der Waals surface area contributed by atoms with Gasteiger partial charge in [-0.15, -0.1) is 10.2 Å². The standard InChI is InChI=1S/C25H22N4OS/c1-17-12-18(2)14-20(13-17)16-31-25-27-26-24-28(15-19-8-4-3-5-9-19)23(30)21-10-6-7-11-22(21)29(24)25/h3-14H,15-16H2,1-2H3. The highest BCUT2D eigenvalue weighted by Crippen LogP contribution is 2.25. The van der Waals surface area contributed by atoms with Crippen molar-refractivity contribution in [3.63, 3.8) is 0 Å². The molecule has 3 aromatic carbocycles. The highest BCUT2D eigenvalue weighted by Gasteiger charge is 2.17. The lowest BCUT2D eigenvalue weighted by Crippen LogP contribution is -2.24. The van der Waals surface area contributed by atoms with Crippen molar-refractivity contribution < 1.29 is 0 Å². The molecule has 0 bridgehead atoms. The second kappa shape index (κ2) is 8.04. The molecule has 31 heavy (non-hydrogen) atoms. The van der Waals surface area contributed by atoms with E-state index in [0.29, 0.717) is 17.7 Å². The third kappa shape index (κ3) is 3.75. The number of fused-ring (bicyclic) bond motifs is 3. The monoisotopic (exact) mass is 426 g/mol. The molecule has 5 nitrogen and oxygen atoms in total. The summed E-state index contributed by atoms with van der Waals surface area (Å²) < 4.78 is 3.72. The first kappa shape index (κ1) is 19.6. The molecule has 154 valence electrons. The fraction of sp³-hybridized carbons (Fsp3) is 0.160. The SMILES string of the molecule is Cc1cc(C)cc(CSc2nnc3n(Cc4ccccc4)c(=O)c4ccccc4n23)c1. The van der Waals surface area contributed by atoms with E-state index < -0.39 is 0 Å². The van der Waals surface area contributed by atoms with E-state index in [1.807, 2.05) is 59.0 Å². The van der Waals surface area contributed by atoms with Gasteiger partial charge in [-0.1, -0.05) is 83.6 Å². The van der Waals surface area contributed by atoms with Crippen molar-refractivity contribution >= 4 is 28.4 Å². The zero-order valence-electron chi connectivity index (χ0n) is 17.4. The van der Waals surface area contributed by atoms with Gasteiger partial charge in [0.25, 0.3) is 5.56 Å². The van der Waals surface area contributed by atoms with Crippen molar-refractivity contribution in [3.8, 4) is 0 Å². The molecule has 0 aliphatic rings. The van der Waals surface area contributed by atoms with Crippen LogP contribution >= 0.6 is 11.8 Å². The molecule has 0 spiro atoms. The molecule has 6 heteroatoms. The predicted octanol–water partition coefficient (Wildman–Crippen LogP) is 5.00. The number of para-hydroxylation sites is 1. The molecule has 0 radical (unpaired) electrons. The van der Waals surface area contributed by atoms with Crippen LogP contribution in [0.4, 0.5) is 0 Å². The van der Waals surface area contributed by atoms with Crippen molar-refractivity contribution in [2.75, 3.05) is 0 Å². The Morgan fingerprint density at radius 3 is 2.32 bits per heavy atom. The Kier molecular flexibility index (Phi) is 5.08. The molecular weight excluding hydrogens is 404 g/mol. The average molecular weight is 427 g/mol. The van der Waals surface area contributed by atoms with Gasteiger partial charge in [-0.2, -0.15) is 0 Å². The molecule has 0 fully saturated rings. The molecule has 0 amide bonds. The van der Waals surface area contributed by atoms with Crippen LogP contribution in [0.2, 0.25) is 0 Å². The Labute approximate surface area is 184 Å². The largest absolute Gasteiger partial charge is 0.272 e. The summed E-state index contributed by atoms with van der Waals surface area (Å²) in [7, 11) is 0. The van der Waals surface area contributed by atoms with E-state index in [-0.39, 0.29) is 5.56 Å². The summed E-state index contributed by atoms with van der Waals surface area (Å²) in [6.45, 7) is 4.68. The lowest BCUT2D eigenvalue weighted by molar-refractivity contribution is 0.764. The Hall–Kier alpha value is -3.38. The second-order valence-corrected chi connectivity index (χ2v) is 8.74. The van der Waals surface area contributed by atoms with Crippen LogP contribution in [-0.4, -0.2) is 19.2 Å². The van der Waals surface area contributed by atoms with E-state index >= 15 is 0 Å². The van der Waals surface area contributed by atoms with Crippen molar-refractivity contribution in [1.29, 1.82) is 0 Å². The zero-order chi connectivity index (χ0) is 21.4. The van der Waals surface area contributed by atoms with Gasteiger partial charge in [0.1, 0.15) is 0 Å². The van der Waals surface area contributed by atoms with Gasteiger partial charge < -0.3 is 0 Å². The number of aromatic nitrogens is 4. The van der Waals surface area contributed by atoms with Crippen LogP contribution in [0.1, 0.15) is 22.3 Å². The van der Waals surface area contributed by atoms with Crippen LogP contribution in [-0.2, 0) is 12.3 Å². The van der Waals surface area contributed by atoms with Gasteiger partial charge in [-0.25, -0.2) is 0 Å². The number of hydrogen-bond acceptors (Lipinski definition) is 4. The van der Waals surface area contributed by atoms with E-state index in [2.05, 4.69) is 42.2 Å². The van der Waals surface area contributed by atoms with Crippen molar-refractivity contribution in [2.24, 2.45) is 0 Å². The highest BCUT2D eigenvalue weighted by molar-refractivity contribution is 7.98. The maximum Gasteiger partial charge on any atom is 0.263 e. The number of hydrogen-bond donors (Lipinski definition) is 0. The van der Waals surface area contributed by atoms with Crippen LogP contribution in [0.5, 0.6) is 0 Å². The van der Waals surface area contributed by atoms with E-state index in [4.69, 9.17) is 0 Å². The first-order valence-corrected chi connectivity index (χ1v) is 11.2. The van der Waals surface area contributed by atoms with Gasteiger partial charge in [0.2, 0.25) is 5.78 Å². The first-order valence-electron chi connectivity index (χ1n) is 10.2. The Bertz CT molecular complexity index is 1430. The summed E-state index contributed by atoms with van der Waals surface area (Å²) in [4.78, 5) is 13.3. The van der Waals surface area contributed by atoms with Gasteiger partial charge in [-0.05, 0) is 37.1 Å². The lowest BCUT2D eigenvalue weighted by atomic mass is 10.1. The minimum absolute atomic E-state index is 0.0507. The summed E-state index contributed by atoms with van der Waals surface area (Å²) >= 11 is 1.64. The first-order chi connectivity index (χ1) is 15.1. The molecule has 0 saturated carbocycles. The van der Waals surface area contributed by atoms with Gasteiger partial charge in [-0.3, -0.25) is 13.8 Å². The summed E-state index contributed by atoms with van der Waals surface area (Å²) in [5.41, 5.74) is 5.59. The topological polar surface area (TPSA) is 52.2 Å². The molecule has 0 aliphatic carbocycles. The predicted molar refractivity (Wildman–Crippen MR) is 126 cm³/mol. The van der Waals surface area contributed by atoms with E-state index in [9.17, 15) is 4.79 Å². The maximum atomic E-state index is 13.3. The molecule has 2 heterocycles. The number of rotatable bonds is 5. The third-order valence-corrected chi connectivity index (χ3v) is 6.31. The molecule has 0 saturated heterocycles. The molecule has 0 N–H and O–H groups in total. The minimum Gasteiger partial charge on any atom is -0.272 e. The average Bonchev–Trinajstić information content (AvgIpc) is 3.19. The molecule has 5 rings (SSSR count). The van der Waals surface area contributed by atoms with Gasteiger partial charge in [0.05, 0.1) is 17.4 Å². The van der Waals surface area contributed by atoms with Crippen molar-refractivity contribution in [3.05, 3.63) is 105 Å². The van der Waals surface area contributed by atoms with Crippen molar-refractivity contribution in [2.45, 2.75) is 31.3 Å². The summed E-state index contributed by atoms with van der Waals surface area (Å²) in [5.74, 6) is 1.35. The van der Waals surface area contributed by atoms with Crippen LogP contribution in [0.15, 0.2) is 82.7 Å². The molecule has 2 aromatic heterocycles. The Balaban J connectivity index is 1.63. The van der Waals surface area contributed by atoms with Crippen LogP contribution in [0.3, 0.4) is 0 Å². The number of benzene rings is 3. The van der Waals surface area contributed by atoms with Crippen LogP contribution in [0, 0.1) is 13.8 Å². The number of thioether (sulfide) groups is 1. The van der Waals surface area contributed by atoms with E-state index in [0.717, 1.165) is 22.0 Å². The second-order valence-electron chi connectivity index (χ2n) is 7.80. The van der Waals surface area contributed by atoms with Gasteiger partial charge >= 0.3 is 0 Å². The van der Waals surface area contributed by atoms with Crippen molar-refractivity contribution in [1.82, 2.24) is 19.2 Å². The normalized spacial score (nSPS) is 11.4. The van der Waals surface area contributed by atoms with E-state index in [1.54, 1.807) is 16.3 Å². The highest BCUT2D eigenvalue weighted by atomic mass is 32.2. The fourth-order valence-corrected chi connectivity index (χ4v) is 4.91. The zero-order valence-corrected chi connectivity index (χ0v) is 18.3. The summed E-state index contributed by atoms with van der Waals surface area (Å²) in [6, 6.07) is 24.2. The quantitative estimate of drug-likeness (QED) is 0.371. The maximum absolute atomic E-state index is 13.3. The molecule has 0 atom stereocenters. The fourth-order valence-electron chi connectivity index (χ4n) is 4.04. The molecule has 5 aromatic rings. The smallest absolute Gasteiger partial charge is 0.263 e. The third-order valence-electron chi connectivity index (χ3n) is 5.31. The lowest BCUT2D eigenvalue weighted by Gasteiger charge is -2.11. The van der Waals surface area contributed by atoms with Crippen LogP contribution in [0.25, 0.3) is 16.7 Å². The van der Waals surface area contributed by atoms with Crippen LogP contribution < -0.4 is 5.56 Å². The summed E-state index contributed by atoms with van der Waals surface area (Å²) in [6.07, 6.45) is 0. The number of nitrogens with zero attached hydrogens (tertiary/aromatic N) is 4. The van der Waals surface area contributed by atoms with Gasteiger partial charge in [0.15, 0.2) is 5.16 Å². The Morgan fingerprint density at radius 2 is 1.55 bits per heavy atom. The molecule has 0 aliphatic heterocycles. The minimum atomic E-state index is -0.0507. The molecule has 0 unspecified atom stereocenters. The molecular formula is C25H22N4OS. The van der Waals surface area contributed by atoms with Gasteiger partial charge in [0, 0.05) is 5.75 Å².